The number of aliphatic imine (C=N–C) groups is 1. The summed E-state index contributed by atoms with van der Waals surface area (Å²) in [6, 6.07) is 6.72. The van der Waals surface area contributed by atoms with Gasteiger partial charge in [-0.1, -0.05) is 6.07 Å². The molecule has 1 unspecified atom stereocenters. The largest absolute Gasteiger partial charge is 0.490 e. The molecule has 1 atom stereocenters. The van der Waals surface area contributed by atoms with Crippen LogP contribution in [-0.4, -0.2) is 63.8 Å². The van der Waals surface area contributed by atoms with E-state index in [1.165, 1.54) is 18.4 Å². The van der Waals surface area contributed by atoms with Crippen LogP contribution in [0.5, 0.6) is 11.5 Å². The average molecular weight is 391 g/mol. The summed E-state index contributed by atoms with van der Waals surface area (Å²) in [4.78, 5) is 7.13. The normalized spacial score (nSPS) is 15.4. The summed E-state index contributed by atoms with van der Waals surface area (Å²) in [5.74, 6) is 3.33. The van der Waals surface area contributed by atoms with Gasteiger partial charge >= 0.3 is 0 Å². The number of nitrogens with zero attached hydrogens (tertiary/aromatic N) is 2. The summed E-state index contributed by atoms with van der Waals surface area (Å²) in [6.07, 6.45) is 3.57. The first-order valence-corrected chi connectivity index (χ1v) is 10.7. The Labute approximate surface area is 170 Å². The van der Waals surface area contributed by atoms with Crippen LogP contribution in [0.2, 0.25) is 0 Å². The summed E-state index contributed by atoms with van der Waals surface area (Å²) in [5, 5.41) is 6.82. The van der Waals surface area contributed by atoms with Gasteiger partial charge in [-0.25, -0.2) is 0 Å². The fraction of sp³-hybridized carbons (Fsp3) is 0.682. The van der Waals surface area contributed by atoms with Gasteiger partial charge in [0.15, 0.2) is 17.5 Å². The standard InChI is InChI=1S/C22H38N4O2/c1-6-23-22(25-16-19(26(4)5)18-10-11-18)24-14-13-17-9-12-20(27-7-2)21(15-17)28-8-3/h9,12,15,18-19H,6-8,10-11,13-14,16H2,1-5H3,(H2,23,24,25). The van der Waals surface area contributed by atoms with Gasteiger partial charge in [-0.05, 0) is 77.7 Å². The van der Waals surface area contributed by atoms with Crippen LogP contribution in [0, 0.1) is 5.92 Å². The van der Waals surface area contributed by atoms with Gasteiger partial charge in [0.2, 0.25) is 0 Å². The van der Waals surface area contributed by atoms with Gasteiger partial charge in [0.05, 0.1) is 19.8 Å². The lowest BCUT2D eigenvalue weighted by Gasteiger charge is -2.23. The Morgan fingerprint density at radius 3 is 2.43 bits per heavy atom. The number of benzene rings is 1. The second kappa shape index (κ2) is 11.8. The van der Waals surface area contributed by atoms with E-state index in [4.69, 9.17) is 14.5 Å². The number of guanidine groups is 1. The van der Waals surface area contributed by atoms with E-state index >= 15 is 0 Å². The highest BCUT2D eigenvalue weighted by atomic mass is 16.5. The van der Waals surface area contributed by atoms with E-state index in [9.17, 15) is 0 Å². The summed E-state index contributed by atoms with van der Waals surface area (Å²) < 4.78 is 11.4. The molecule has 1 aliphatic carbocycles. The molecule has 158 valence electrons. The zero-order valence-corrected chi connectivity index (χ0v) is 18.3. The Morgan fingerprint density at radius 2 is 1.82 bits per heavy atom. The van der Waals surface area contributed by atoms with Crippen molar-refractivity contribution in [1.82, 2.24) is 15.5 Å². The van der Waals surface area contributed by atoms with E-state index in [0.29, 0.717) is 19.3 Å². The van der Waals surface area contributed by atoms with E-state index in [-0.39, 0.29) is 0 Å². The first-order chi connectivity index (χ1) is 13.6. The minimum atomic E-state index is 0.537. The maximum absolute atomic E-state index is 5.73. The van der Waals surface area contributed by atoms with Crippen molar-refractivity contribution >= 4 is 5.96 Å². The van der Waals surface area contributed by atoms with Crippen molar-refractivity contribution in [2.45, 2.75) is 46.1 Å². The van der Waals surface area contributed by atoms with Gasteiger partial charge < -0.3 is 25.0 Å². The van der Waals surface area contributed by atoms with E-state index in [1.807, 2.05) is 19.9 Å². The lowest BCUT2D eigenvalue weighted by molar-refractivity contribution is 0.271. The first-order valence-electron chi connectivity index (χ1n) is 10.7. The number of hydrogen-bond donors (Lipinski definition) is 2. The Hall–Kier alpha value is -1.95. The fourth-order valence-corrected chi connectivity index (χ4v) is 3.32. The molecule has 1 fully saturated rings. The molecule has 0 spiro atoms. The van der Waals surface area contributed by atoms with Crippen molar-refractivity contribution in [3.8, 4) is 11.5 Å². The van der Waals surface area contributed by atoms with Gasteiger partial charge in [0, 0.05) is 19.1 Å². The highest BCUT2D eigenvalue weighted by molar-refractivity contribution is 5.79. The molecule has 0 radical (unpaired) electrons. The molecule has 1 aromatic carbocycles. The maximum Gasteiger partial charge on any atom is 0.191 e. The molecule has 6 heteroatoms. The van der Waals surface area contributed by atoms with Crippen molar-refractivity contribution in [1.29, 1.82) is 0 Å². The van der Waals surface area contributed by atoms with Crippen LogP contribution in [0.4, 0.5) is 0 Å². The minimum Gasteiger partial charge on any atom is -0.490 e. The number of ether oxygens (including phenoxy) is 2. The quantitative estimate of drug-likeness (QED) is 0.424. The zero-order chi connectivity index (χ0) is 20.4. The van der Waals surface area contributed by atoms with Gasteiger partial charge in [-0.3, -0.25) is 4.99 Å². The van der Waals surface area contributed by atoms with Crippen molar-refractivity contribution in [3.63, 3.8) is 0 Å². The van der Waals surface area contributed by atoms with Crippen molar-refractivity contribution in [2.24, 2.45) is 10.9 Å². The number of likely N-dealkylation sites (N-methyl/N-ethyl adjacent to an activating group) is 1. The highest BCUT2D eigenvalue weighted by Crippen LogP contribution is 2.34. The molecule has 0 aliphatic heterocycles. The minimum absolute atomic E-state index is 0.537. The number of nitrogens with one attached hydrogen (secondary N) is 2. The molecule has 1 aromatic rings. The van der Waals surface area contributed by atoms with Crippen molar-refractivity contribution in [3.05, 3.63) is 23.8 Å². The topological polar surface area (TPSA) is 58.1 Å². The SMILES string of the molecule is CCNC(=NCC(C1CC1)N(C)C)NCCc1ccc(OCC)c(OCC)c1. The molecule has 1 aliphatic rings. The molecule has 2 rings (SSSR count). The molecular formula is C22H38N4O2. The van der Waals surface area contributed by atoms with Crippen LogP contribution in [0.15, 0.2) is 23.2 Å². The molecule has 0 heterocycles. The van der Waals surface area contributed by atoms with Gasteiger partial charge in [-0.2, -0.15) is 0 Å². The van der Waals surface area contributed by atoms with E-state index in [2.05, 4.69) is 48.7 Å². The summed E-state index contributed by atoms with van der Waals surface area (Å²) in [6.45, 7) is 9.87. The lowest BCUT2D eigenvalue weighted by Crippen LogP contribution is -2.40. The van der Waals surface area contributed by atoms with Crippen molar-refractivity contribution < 1.29 is 9.47 Å². The van der Waals surface area contributed by atoms with Crippen LogP contribution in [0.3, 0.4) is 0 Å². The second-order valence-corrected chi connectivity index (χ2v) is 7.41. The van der Waals surface area contributed by atoms with Crippen LogP contribution in [-0.2, 0) is 6.42 Å². The summed E-state index contributed by atoms with van der Waals surface area (Å²) >= 11 is 0. The van der Waals surface area contributed by atoms with Gasteiger partial charge in [-0.15, -0.1) is 0 Å². The molecular weight excluding hydrogens is 352 g/mol. The summed E-state index contributed by atoms with van der Waals surface area (Å²) in [7, 11) is 4.31. The fourth-order valence-electron chi connectivity index (χ4n) is 3.32. The predicted molar refractivity (Wildman–Crippen MR) is 117 cm³/mol. The third-order valence-electron chi connectivity index (χ3n) is 4.92. The third-order valence-corrected chi connectivity index (χ3v) is 4.92. The summed E-state index contributed by atoms with van der Waals surface area (Å²) in [5.41, 5.74) is 1.22. The average Bonchev–Trinajstić information content (AvgIpc) is 3.49. The van der Waals surface area contributed by atoms with Crippen molar-refractivity contribution in [2.75, 3.05) is 46.9 Å². The molecule has 2 N–H and O–H groups in total. The molecule has 0 saturated heterocycles. The van der Waals surface area contributed by atoms with Crippen LogP contribution in [0.25, 0.3) is 0 Å². The Morgan fingerprint density at radius 1 is 1.11 bits per heavy atom. The molecule has 6 nitrogen and oxygen atoms in total. The first kappa shape index (κ1) is 22.3. The van der Waals surface area contributed by atoms with Crippen LogP contribution < -0.4 is 20.1 Å². The zero-order valence-electron chi connectivity index (χ0n) is 18.3. The third kappa shape index (κ3) is 7.23. The van der Waals surface area contributed by atoms with Gasteiger partial charge in [0.25, 0.3) is 0 Å². The molecule has 0 bridgehead atoms. The Kier molecular flexibility index (Phi) is 9.41. The molecule has 0 aromatic heterocycles. The number of hydrogen-bond acceptors (Lipinski definition) is 4. The monoisotopic (exact) mass is 390 g/mol. The van der Waals surface area contributed by atoms with Crippen LogP contribution in [0.1, 0.15) is 39.2 Å². The molecule has 28 heavy (non-hydrogen) atoms. The Balaban J connectivity index is 1.90. The smallest absolute Gasteiger partial charge is 0.191 e. The van der Waals surface area contributed by atoms with E-state index in [1.54, 1.807) is 0 Å². The second-order valence-electron chi connectivity index (χ2n) is 7.41. The van der Waals surface area contributed by atoms with E-state index in [0.717, 1.165) is 49.4 Å². The Bertz CT molecular complexity index is 613. The van der Waals surface area contributed by atoms with E-state index < -0.39 is 0 Å². The maximum atomic E-state index is 5.73. The highest BCUT2D eigenvalue weighted by Gasteiger charge is 2.32. The van der Waals surface area contributed by atoms with Gasteiger partial charge in [0.1, 0.15) is 0 Å². The number of rotatable bonds is 12. The molecule has 0 amide bonds. The lowest BCUT2D eigenvalue weighted by atomic mass is 10.1. The van der Waals surface area contributed by atoms with Crippen LogP contribution >= 0.6 is 0 Å². The molecule has 1 saturated carbocycles. The predicted octanol–water partition coefficient (Wildman–Crippen LogP) is 2.92.